The van der Waals surface area contributed by atoms with E-state index in [9.17, 15) is 4.79 Å². The van der Waals surface area contributed by atoms with Crippen LogP contribution in [0.3, 0.4) is 0 Å². The zero-order valence-electron chi connectivity index (χ0n) is 13.0. The molecule has 1 fully saturated rings. The van der Waals surface area contributed by atoms with Crippen LogP contribution in [0.1, 0.15) is 24.2 Å². The van der Waals surface area contributed by atoms with E-state index >= 15 is 0 Å². The molecule has 1 aliphatic rings. The fraction of sp³-hybridized carbons (Fsp3) is 0.438. The number of methoxy groups -OCH3 is 1. The number of piperazine rings is 1. The summed E-state index contributed by atoms with van der Waals surface area (Å²) in [7, 11) is 1.56. The van der Waals surface area contributed by atoms with Crippen molar-refractivity contribution < 1.29 is 9.53 Å². The van der Waals surface area contributed by atoms with Gasteiger partial charge in [0.15, 0.2) is 6.29 Å². The quantitative estimate of drug-likeness (QED) is 0.869. The van der Waals surface area contributed by atoms with Crippen LogP contribution in [-0.4, -0.2) is 48.8 Å². The van der Waals surface area contributed by atoms with Gasteiger partial charge in [-0.05, 0) is 26.0 Å². The Labute approximate surface area is 129 Å². The van der Waals surface area contributed by atoms with E-state index in [0.717, 1.165) is 30.4 Å². The van der Waals surface area contributed by atoms with Gasteiger partial charge in [0.2, 0.25) is 5.88 Å². The Bertz CT molecular complexity index is 694. The lowest BCUT2D eigenvalue weighted by Gasteiger charge is -2.38. The molecule has 0 amide bonds. The van der Waals surface area contributed by atoms with Crippen molar-refractivity contribution in [3.05, 3.63) is 23.8 Å². The molecule has 2 heterocycles. The molecule has 0 radical (unpaired) electrons. The molecule has 2 atom stereocenters. The summed E-state index contributed by atoms with van der Waals surface area (Å²) >= 11 is 0. The summed E-state index contributed by atoms with van der Waals surface area (Å²) < 4.78 is 5.19. The lowest BCUT2D eigenvalue weighted by atomic mass is 10.1. The molecule has 6 nitrogen and oxygen atoms in total. The molecule has 22 heavy (non-hydrogen) atoms. The summed E-state index contributed by atoms with van der Waals surface area (Å²) in [5.74, 6) is 0.452. The Kier molecular flexibility index (Phi) is 3.94. The minimum Gasteiger partial charge on any atom is -0.480 e. The van der Waals surface area contributed by atoms with Gasteiger partial charge in [-0.1, -0.05) is 0 Å². The van der Waals surface area contributed by atoms with Gasteiger partial charge < -0.3 is 15.0 Å². The number of rotatable bonds is 3. The monoisotopic (exact) mass is 300 g/mol. The highest BCUT2D eigenvalue weighted by atomic mass is 16.5. The highest BCUT2D eigenvalue weighted by Crippen LogP contribution is 2.30. The summed E-state index contributed by atoms with van der Waals surface area (Å²) in [6.07, 6.45) is 0.816. The maximum Gasteiger partial charge on any atom is 0.233 e. The van der Waals surface area contributed by atoms with E-state index < -0.39 is 0 Å². The van der Waals surface area contributed by atoms with Gasteiger partial charge in [0.25, 0.3) is 0 Å². The van der Waals surface area contributed by atoms with Gasteiger partial charge in [-0.25, -0.2) is 0 Å². The van der Waals surface area contributed by atoms with Gasteiger partial charge in [0.05, 0.1) is 7.11 Å². The molecule has 116 valence electrons. The predicted molar refractivity (Wildman–Crippen MR) is 85.8 cm³/mol. The number of carbonyl (C=O) groups excluding carboxylic acids is 1. The number of nitrogens with one attached hydrogen (secondary N) is 1. The molecule has 0 saturated carbocycles. The van der Waals surface area contributed by atoms with Crippen molar-refractivity contribution in [2.24, 2.45) is 0 Å². The molecule has 0 spiro atoms. The van der Waals surface area contributed by atoms with E-state index in [4.69, 9.17) is 4.74 Å². The summed E-state index contributed by atoms with van der Waals surface area (Å²) in [6, 6.07) is 6.45. The van der Waals surface area contributed by atoms with Crippen LogP contribution in [0.4, 0.5) is 5.69 Å². The summed E-state index contributed by atoms with van der Waals surface area (Å²) in [4.78, 5) is 13.6. The molecule has 0 bridgehead atoms. The summed E-state index contributed by atoms with van der Waals surface area (Å²) in [6.45, 7) is 6.16. The molecule has 3 rings (SSSR count). The molecule has 1 N–H and O–H groups in total. The summed E-state index contributed by atoms with van der Waals surface area (Å²) in [5.41, 5.74) is 2.23. The highest BCUT2D eigenvalue weighted by Gasteiger charge is 2.23. The Morgan fingerprint density at radius 2 is 2.00 bits per heavy atom. The number of ether oxygens (including phenoxy) is 1. The number of benzene rings is 1. The van der Waals surface area contributed by atoms with Gasteiger partial charge >= 0.3 is 0 Å². The second-order valence-corrected chi connectivity index (χ2v) is 5.81. The van der Waals surface area contributed by atoms with Crippen LogP contribution in [0.2, 0.25) is 0 Å². The van der Waals surface area contributed by atoms with E-state index in [0.29, 0.717) is 29.0 Å². The van der Waals surface area contributed by atoms with Crippen molar-refractivity contribution in [2.75, 3.05) is 25.1 Å². The normalized spacial score (nSPS) is 21.9. The first-order valence-electron chi connectivity index (χ1n) is 7.43. The molecule has 1 aromatic heterocycles. The molecule has 1 aromatic carbocycles. The van der Waals surface area contributed by atoms with Crippen molar-refractivity contribution >= 4 is 22.9 Å². The highest BCUT2D eigenvalue weighted by molar-refractivity contribution is 6.02. The first kappa shape index (κ1) is 14.7. The van der Waals surface area contributed by atoms with Crippen LogP contribution >= 0.6 is 0 Å². The van der Waals surface area contributed by atoms with Gasteiger partial charge in [-0.2, -0.15) is 0 Å². The Hall–Kier alpha value is -2.21. The average molecular weight is 300 g/mol. The van der Waals surface area contributed by atoms with Crippen molar-refractivity contribution in [2.45, 2.75) is 25.9 Å². The van der Waals surface area contributed by atoms with Crippen LogP contribution in [0.25, 0.3) is 10.9 Å². The van der Waals surface area contributed by atoms with Crippen LogP contribution in [0.15, 0.2) is 18.2 Å². The molecule has 6 heteroatoms. The third-order valence-electron chi connectivity index (χ3n) is 3.98. The maximum atomic E-state index is 11.2. The first-order chi connectivity index (χ1) is 10.6. The third-order valence-corrected chi connectivity index (χ3v) is 3.98. The van der Waals surface area contributed by atoms with Gasteiger partial charge in [-0.3, -0.25) is 4.79 Å². The van der Waals surface area contributed by atoms with Crippen molar-refractivity contribution in [3.8, 4) is 5.88 Å². The van der Waals surface area contributed by atoms with E-state index in [-0.39, 0.29) is 0 Å². The van der Waals surface area contributed by atoms with Gasteiger partial charge in [0.1, 0.15) is 5.52 Å². The molecule has 1 saturated heterocycles. The molecule has 1 aliphatic heterocycles. The second kappa shape index (κ2) is 5.88. The van der Waals surface area contributed by atoms with Crippen LogP contribution < -0.4 is 15.0 Å². The topological polar surface area (TPSA) is 67.3 Å². The fourth-order valence-corrected chi connectivity index (χ4v) is 3.11. The minimum atomic E-state index is 0.404. The molecule has 2 aromatic rings. The number of carbonyl (C=O) groups is 1. The number of anilines is 1. The van der Waals surface area contributed by atoms with E-state index in [2.05, 4.69) is 34.3 Å². The number of aldehydes is 1. The van der Waals surface area contributed by atoms with Crippen LogP contribution in [0.5, 0.6) is 5.88 Å². The Morgan fingerprint density at radius 1 is 1.27 bits per heavy atom. The number of hydrogen-bond acceptors (Lipinski definition) is 6. The largest absolute Gasteiger partial charge is 0.480 e. The van der Waals surface area contributed by atoms with E-state index in [1.807, 2.05) is 18.2 Å². The van der Waals surface area contributed by atoms with Gasteiger partial charge in [-0.15, -0.1) is 10.2 Å². The molecule has 2 unspecified atom stereocenters. The van der Waals surface area contributed by atoms with Crippen LogP contribution in [-0.2, 0) is 0 Å². The molecule has 0 aliphatic carbocycles. The van der Waals surface area contributed by atoms with Crippen molar-refractivity contribution in [3.63, 3.8) is 0 Å². The molecular formula is C16H20N4O2. The predicted octanol–water partition coefficient (Wildman–Crippen LogP) is 1.64. The Balaban J connectivity index is 2.14. The average Bonchev–Trinajstić information content (AvgIpc) is 2.52. The zero-order valence-corrected chi connectivity index (χ0v) is 13.0. The third kappa shape index (κ3) is 2.62. The standard InChI is InChI=1S/C16H20N4O2/c1-10-7-20(8-11(2)17-10)14-5-4-12(9-21)16-13(14)6-15(22-3)18-19-16/h4-6,9-11,17H,7-8H2,1-3H3. The lowest BCUT2D eigenvalue weighted by molar-refractivity contribution is 0.112. The fourth-order valence-electron chi connectivity index (χ4n) is 3.11. The summed E-state index contributed by atoms with van der Waals surface area (Å²) in [5, 5.41) is 12.6. The second-order valence-electron chi connectivity index (χ2n) is 5.81. The van der Waals surface area contributed by atoms with Gasteiger partial charge in [0, 0.05) is 47.9 Å². The number of aromatic nitrogens is 2. The smallest absolute Gasteiger partial charge is 0.233 e. The van der Waals surface area contributed by atoms with E-state index in [1.54, 1.807) is 7.11 Å². The van der Waals surface area contributed by atoms with E-state index in [1.165, 1.54) is 0 Å². The zero-order chi connectivity index (χ0) is 15.7. The maximum absolute atomic E-state index is 11.2. The Morgan fingerprint density at radius 3 is 2.64 bits per heavy atom. The SMILES string of the molecule is COc1cc2c(N3CC(C)NC(C)C3)ccc(C=O)c2nn1. The lowest BCUT2D eigenvalue weighted by Crippen LogP contribution is -2.54. The number of hydrogen-bond donors (Lipinski definition) is 1. The van der Waals surface area contributed by atoms with Crippen molar-refractivity contribution in [1.29, 1.82) is 0 Å². The first-order valence-corrected chi connectivity index (χ1v) is 7.43. The molecular weight excluding hydrogens is 280 g/mol. The van der Waals surface area contributed by atoms with Crippen molar-refractivity contribution in [1.82, 2.24) is 15.5 Å². The number of fused-ring (bicyclic) bond motifs is 1. The minimum absolute atomic E-state index is 0.404. The van der Waals surface area contributed by atoms with Crippen LogP contribution in [0, 0.1) is 0 Å². The number of nitrogens with zero attached hydrogens (tertiary/aromatic N) is 3.